The van der Waals surface area contributed by atoms with Gasteiger partial charge >= 0.3 is 6.09 Å². The zero-order valence-corrected chi connectivity index (χ0v) is 12.4. The smallest absolute Gasteiger partial charge is 0.411 e. The fourth-order valence-corrected chi connectivity index (χ4v) is 3.34. The van der Waals surface area contributed by atoms with Crippen molar-refractivity contribution in [3.05, 3.63) is 29.3 Å². The van der Waals surface area contributed by atoms with Crippen LogP contribution in [0, 0.1) is 0 Å². The van der Waals surface area contributed by atoms with Gasteiger partial charge in [-0.15, -0.1) is 0 Å². The number of aryl methyl sites for hydroxylation is 1. The normalized spacial score (nSPS) is 24.4. The lowest BCUT2D eigenvalue weighted by molar-refractivity contribution is -0.0470. The van der Waals surface area contributed by atoms with E-state index in [2.05, 4.69) is 6.07 Å². The molecule has 4 nitrogen and oxygen atoms in total. The first-order valence-corrected chi connectivity index (χ1v) is 7.21. The van der Waals surface area contributed by atoms with Crippen molar-refractivity contribution >= 4 is 11.8 Å². The van der Waals surface area contributed by atoms with Crippen LogP contribution in [0.2, 0.25) is 0 Å². The van der Waals surface area contributed by atoms with Crippen LogP contribution in [0.5, 0.6) is 0 Å². The Morgan fingerprint density at radius 3 is 2.70 bits per heavy atom. The molecule has 1 fully saturated rings. The summed E-state index contributed by atoms with van der Waals surface area (Å²) in [5.41, 5.74) is 8.59. The molecule has 2 aliphatic rings. The van der Waals surface area contributed by atoms with E-state index in [1.807, 2.05) is 37.8 Å². The van der Waals surface area contributed by atoms with Gasteiger partial charge in [0.15, 0.2) is 0 Å². The van der Waals surface area contributed by atoms with Crippen molar-refractivity contribution in [3.63, 3.8) is 0 Å². The first-order chi connectivity index (χ1) is 9.32. The monoisotopic (exact) mass is 274 g/mol. The van der Waals surface area contributed by atoms with Crippen LogP contribution in [-0.2, 0) is 16.7 Å². The Kier molecular flexibility index (Phi) is 2.75. The lowest BCUT2D eigenvalue weighted by atomic mass is 9.79. The van der Waals surface area contributed by atoms with E-state index in [4.69, 9.17) is 10.5 Å². The second kappa shape index (κ2) is 4.14. The van der Waals surface area contributed by atoms with Crippen LogP contribution in [0.25, 0.3) is 0 Å². The maximum atomic E-state index is 12.4. The van der Waals surface area contributed by atoms with E-state index < -0.39 is 5.60 Å². The molecule has 2 N–H and O–H groups in total. The number of amides is 1. The van der Waals surface area contributed by atoms with E-state index in [0.717, 1.165) is 31.5 Å². The van der Waals surface area contributed by atoms with E-state index in [0.29, 0.717) is 0 Å². The summed E-state index contributed by atoms with van der Waals surface area (Å²) in [4.78, 5) is 14.2. The number of anilines is 1. The Hall–Kier alpha value is -1.71. The molecule has 1 saturated heterocycles. The number of hydrogen-bond donors (Lipinski definition) is 1. The maximum Gasteiger partial charge on any atom is 0.411 e. The van der Waals surface area contributed by atoms with Crippen LogP contribution in [0.1, 0.15) is 44.7 Å². The molecular formula is C16H22N2O2. The van der Waals surface area contributed by atoms with Crippen molar-refractivity contribution in [2.24, 2.45) is 0 Å². The van der Waals surface area contributed by atoms with Crippen LogP contribution in [0.4, 0.5) is 10.5 Å². The first-order valence-electron chi connectivity index (χ1n) is 7.21. The molecule has 20 heavy (non-hydrogen) atoms. The number of hydrogen-bond acceptors (Lipinski definition) is 3. The highest BCUT2D eigenvalue weighted by atomic mass is 16.6. The second-order valence-electron chi connectivity index (χ2n) is 6.83. The van der Waals surface area contributed by atoms with Crippen molar-refractivity contribution in [2.45, 2.75) is 51.2 Å². The number of rotatable bonds is 0. The van der Waals surface area contributed by atoms with Crippen molar-refractivity contribution in [1.29, 1.82) is 0 Å². The van der Waals surface area contributed by atoms with E-state index in [1.165, 1.54) is 11.1 Å². The van der Waals surface area contributed by atoms with Gasteiger partial charge in [-0.2, -0.15) is 0 Å². The standard InChI is InChI=1S/C16H22N2O2/c1-15(2,3)20-14(19)18-9-8-16(18)7-6-11-4-5-12(17)10-13(11)16/h4-5,10H,6-9,17H2,1-3H3/t16-/m1/s1. The molecule has 0 radical (unpaired) electrons. The topological polar surface area (TPSA) is 55.6 Å². The fourth-order valence-electron chi connectivity index (χ4n) is 3.34. The van der Waals surface area contributed by atoms with Gasteiger partial charge in [0.2, 0.25) is 0 Å². The second-order valence-corrected chi connectivity index (χ2v) is 6.83. The third-order valence-electron chi connectivity index (χ3n) is 4.32. The van der Waals surface area contributed by atoms with Gasteiger partial charge < -0.3 is 10.5 Å². The number of nitrogens with zero attached hydrogens (tertiary/aromatic N) is 1. The Morgan fingerprint density at radius 1 is 1.35 bits per heavy atom. The Labute approximate surface area is 119 Å². The van der Waals surface area contributed by atoms with Gasteiger partial charge in [0.25, 0.3) is 0 Å². The summed E-state index contributed by atoms with van der Waals surface area (Å²) in [5, 5.41) is 0. The molecule has 0 saturated carbocycles. The molecule has 1 spiro atoms. The minimum atomic E-state index is -0.453. The van der Waals surface area contributed by atoms with Gasteiger partial charge in [-0.25, -0.2) is 4.79 Å². The largest absolute Gasteiger partial charge is 0.444 e. The van der Waals surface area contributed by atoms with Gasteiger partial charge in [-0.1, -0.05) is 6.07 Å². The lowest BCUT2D eigenvalue weighted by Crippen LogP contribution is -2.59. The van der Waals surface area contributed by atoms with Gasteiger partial charge in [-0.3, -0.25) is 4.90 Å². The average Bonchev–Trinajstić information content (AvgIpc) is 2.65. The van der Waals surface area contributed by atoms with Gasteiger partial charge in [-0.05, 0) is 63.3 Å². The molecule has 4 heteroatoms. The third kappa shape index (κ3) is 1.94. The maximum absolute atomic E-state index is 12.4. The molecule has 1 aliphatic carbocycles. The van der Waals surface area contributed by atoms with Crippen molar-refractivity contribution in [1.82, 2.24) is 4.90 Å². The summed E-state index contributed by atoms with van der Waals surface area (Å²) in [6.07, 6.45) is 2.78. The molecule has 0 bridgehead atoms. The van der Waals surface area contributed by atoms with Gasteiger partial charge in [0, 0.05) is 12.2 Å². The zero-order valence-electron chi connectivity index (χ0n) is 12.4. The van der Waals surface area contributed by atoms with Crippen LogP contribution in [0.15, 0.2) is 18.2 Å². The molecule has 0 aromatic heterocycles. The van der Waals surface area contributed by atoms with E-state index >= 15 is 0 Å². The number of carbonyl (C=O) groups excluding carboxylic acids is 1. The highest BCUT2D eigenvalue weighted by molar-refractivity contribution is 5.72. The number of likely N-dealkylation sites (tertiary alicyclic amines) is 1. The van der Waals surface area contributed by atoms with E-state index in [-0.39, 0.29) is 11.6 Å². The summed E-state index contributed by atoms with van der Waals surface area (Å²) in [6, 6.07) is 6.05. The summed E-state index contributed by atoms with van der Waals surface area (Å²) in [7, 11) is 0. The van der Waals surface area contributed by atoms with Crippen LogP contribution in [0.3, 0.4) is 0 Å². The Balaban J connectivity index is 1.89. The number of fused-ring (bicyclic) bond motifs is 2. The predicted molar refractivity (Wildman–Crippen MR) is 78.4 cm³/mol. The predicted octanol–water partition coefficient (Wildman–Crippen LogP) is 3.05. The molecule has 1 atom stereocenters. The SMILES string of the molecule is CC(C)(C)OC(=O)N1CC[C@@]12CCc1ccc(N)cc12. The molecule has 1 aromatic rings. The molecule has 1 heterocycles. The average molecular weight is 274 g/mol. The third-order valence-corrected chi connectivity index (χ3v) is 4.32. The molecule has 1 amide bonds. The summed E-state index contributed by atoms with van der Waals surface area (Å²) >= 11 is 0. The quantitative estimate of drug-likeness (QED) is 0.740. The molecule has 1 aliphatic heterocycles. The number of benzene rings is 1. The molecular weight excluding hydrogens is 252 g/mol. The molecule has 108 valence electrons. The van der Waals surface area contributed by atoms with E-state index in [9.17, 15) is 4.79 Å². The van der Waals surface area contributed by atoms with E-state index in [1.54, 1.807) is 0 Å². The van der Waals surface area contributed by atoms with Gasteiger partial charge in [0.05, 0.1) is 5.54 Å². The van der Waals surface area contributed by atoms with Crippen LogP contribution < -0.4 is 5.73 Å². The zero-order chi connectivity index (χ0) is 14.5. The van der Waals surface area contributed by atoms with Crippen molar-refractivity contribution in [3.8, 4) is 0 Å². The van der Waals surface area contributed by atoms with Crippen LogP contribution in [-0.4, -0.2) is 23.1 Å². The highest BCUT2D eigenvalue weighted by Crippen LogP contribution is 2.50. The lowest BCUT2D eigenvalue weighted by Gasteiger charge is -2.51. The minimum absolute atomic E-state index is 0.174. The molecule has 0 unspecified atom stereocenters. The van der Waals surface area contributed by atoms with Crippen molar-refractivity contribution < 1.29 is 9.53 Å². The molecule has 3 rings (SSSR count). The van der Waals surface area contributed by atoms with Crippen molar-refractivity contribution in [2.75, 3.05) is 12.3 Å². The van der Waals surface area contributed by atoms with Gasteiger partial charge in [0.1, 0.15) is 5.60 Å². The number of carbonyl (C=O) groups is 1. The van der Waals surface area contributed by atoms with Crippen LogP contribution >= 0.6 is 0 Å². The Bertz CT molecular complexity index is 562. The molecule has 1 aromatic carbocycles. The summed E-state index contributed by atoms with van der Waals surface area (Å²) < 4.78 is 5.53. The number of nitrogens with two attached hydrogens (primary N) is 1. The highest BCUT2D eigenvalue weighted by Gasteiger charge is 2.53. The summed E-state index contributed by atoms with van der Waals surface area (Å²) in [5.74, 6) is 0. The Morgan fingerprint density at radius 2 is 2.10 bits per heavy atom. The summed E-state index contributed by atoms with van der Waals surface area (Å²) in [6.45, 7) is 6.47. The fraction of sp³-hybridized carbons (Fsp3) is 0.562. The number of nitrogen functional groups attached to an aromatic ring is 1. The number of ether oxygens (including phenoxy) is 1. The first kappa shape index (κ1) is 13.3. The minimum Gasteiger partial charge on any atom is -0.444 e.